The Kier molecular flexibility index (Phi) is 4.79. The SMILES string of the molecule is Cc1cc([C@@H]2[C@H](c3ccccn3)N=C3S[C@@H](C)CN32)c(C)n1-c1cccc(Br)c1. The fourth-order valence-electron chi connectivity index (χ4n) is 4.55. The van der Waals surface area contributed by atoms with E-state index in [-0.39, 0.29) is 12.1 Å². The van der Waals surface area contributed by atoms with E-state index in [2.05, 4.69) is 93.6 Å². The van der Waals surface area contributed by atoms with Gasteiger partial charge in [0.15, 0.2) is 5.17 Å². The number of aryl methyl sites for hydroxylation is 1. The van der Waals surface area contributed by atoms with Gasteiger partial charge >= 0.3 is 0 Å². The van der Waals surface area contributed by atoms with Gasteiger partial charge in [0.2, 0.25) is 0 Å². The molecule has 29 heavy (non-hydrogen) atoms. The van der Waals surface area contributed by atoms with Gasteiger partial charge in [-0.3, -0.25) is 9.98 Å². The number of fused-ring (bicyclic) bond motifs is 1. The zero-order chi connectivity index (χ0) is 20.1. The molecule has 0 amide bonds. The van der Waals surface area contributed by atoms with Crippen LogP contribution in [-0.2, 0) is 0 Å². The summed E-state index contributed by atoms with van der Waals surface area (Å²) in [4.78, 5) is 12.3. The number of hydrogen-bond acceptors (Lipinski definition) is 4. The fraction of sp³-hybridized carbons (Fsp3) is 0.304. The van der Waals surface area contributed by atoms with Crippen molar-refractivity contribution in [2.45, 2.75) is 38.1 Å². The van der Waals surface area contributed by atoms with Gasteiger partial charge in [0.05, 0.1) is 11.7 Å². The average molecular weight is 467 g/mol. The highest BCUT2D eigenvalue weighted by molar-refractivity contribution is 9.10. The average Bonchev–Trinajstić information content (AvgIpc) is 3.32. The van der Waals surface area contributed by atoms with E-state index in [9.17, 15) is 0 Å². The van der Waals surface area contributed by atoms with Gasteiger partial charge in [-0.15, -0.1) is 0 Å². The molecule has 6 heteroatoms. The molecule has 3 atom stereocenters. The molecule has 2 aliphatic rings. The molecule has 0 N–H and O–H groups in total. The van der Waals surface area contributed by atoms with Crippen LogP contribution < -0.4 is 0 Å². The third kappa shape index (κ3) is 3.22. The summed E-state index contributed by atoms with van der Waals surface area (Å²) in [6, 6.07) is 17.2. The molecule has 0 radical (unpaired) electrons. The minimum atomic E-state index is 0.0302. The second-order valence-corrected chi connectivity index (χ2v) is 10.1. The summed E-state index contributed by atoms with van der Waals surface area (Å²) in [7, 11) is 0. The van der Waals surface area contributed by atoms with Crippen LogP contribution in [0, 0.1) is 13.8 Å². The fourth-order valence-corrected chi connectivity index (χ4v) is 6.03. The van der Waals surface area contributed by atoms with Gasteiger partial charge in [0.1, 0.15) is 6.04 Å². The Balaban J connectivity index is 1.63. The molecule has 2 aromatic heterocycles. The molecular weight excluding hydrogens is 444 g/mol. The zero-order valence-corrected chi connectivity index (χ0v) is 19.1. The molecule has 5 rings (SSSR count). The van der Waals surface area contributed by atoms with Crippen molar-refractivity contribution in [2.24, 2.45) is 4.99 Å². The minimum absolute atomic E-state index is 0.0302. The Morgan fingerprint density at radius 3 is 2.72 bits per heavy atom. The van der Waals surface area contributed by atoms with Crippen LogP contribution in [0.4, 0.5) is 0 Å². The van der Waals surface area contributed by atoms with E-state index in [1.165, 1.54) is 22.6 Å². The largest absolute Gasteiger partial charge is 0.341 e. The summed E-state index contributed by atoms with van der Waals surface area (Å²) in [5.74, 6) is 0. The number of hydrogen-bond donors (Lipinski definition) is 0. The first-order valence-corrected chi connectivity index (χ1v) is 11.6. The molecule has 1 saturated heterocycles. The lowest BCUT2D eigenvalue weighted by molar-refractivity contribution is 0.320. The van der Waals surface area contributed by atoms with Crippen molar-refractivity contribution in [3.63, 3.8) is 0 Å². The Labute approximate surface area is 184 Å². The van der Waals surface area contributed by atoms with E-state index < -0.39 is 0 Å². The van der Waals surface area contributed by atoms with Crippen molar-refractivity contribution in [2.75, 3.05) is 6.54 Å². The Morgan fingerprint density at radius 1 is 1.10 bits per heavy atom. The molecule has 0 spiro atoms. The Hall–Kier alpha value is -2.05. The third-order valence-corrected chi connectivity index (χ3v) is 7.33. The van der Waals surface area contributed by atoms with Crippen LogP contribution in [0.2, 0.25) is 0 Å². The van der Waals surface area contributed by atoms with E-state index in [0.717, 1.165) is 21.9 Å². The predicted octanol–water partition coefficient (Wildman–Crippen LogP) is 5.84. The normalized spacial score (nSPS) is 23.4. The molecule has 1 fully saturated rings. The Bertz CT molecular complexity index is 1090. The van der Waals surface area contributed by atoms with Gasteiger partial charge < -0.3 is 9.47 Å². The zero-order valence-electron chi connectivity index (χ0n) is 16.7. The highest BCUT2D eigenvalue weighted by Gasteiger charge is 2.44. The maximum Gasteiger partial charge on any atom is 0.160 e. The first-order valence-electron chi connectivity index (χ1n) is 9.89. The van der Waals surface area contributed by atoms with Gasteiger partial charge in [-0.2, -0.15) is 0 Å². The van der Waals surface area contributed by atoms with Crippen molar-refractivity contribution < 1.29 is 0 Å². The summed E-state index contributed by atoms with van der Waals surface area (Å²) in [6.07, 6.45) is 1.87. The highest BCUT2D eigenvalue weighted by atomic mass is 79.9. The van der Waals surface area contributed by atoms with Crippen LogP contribution in [0.5, 0.6) is 0 Å². The smallest absolute Gasteiger partial charge is 0.160 e. The van der Waals surface area contributed by atoms with Crippen molar-refractivity contribution in [1.82, 2.24) is 14.5 Å². The summed E-state index contributed by atoms with van der Waals surface area (Å²) in [5.41, 5.74) is 6.07. The van der Waals surface area contributed by atoms with Crippen LogP contribution in [0.15, 0.2) is 64.2 Å². The number of benzene rings is 1. The lowest BCUT2D eigenvalue weighted by atomic mass is 9.96. The standard InChI is InChI=1S/C23H23BrN4S/c1-14-11-19(16(3)28(14)18-8-6-7-17(24)12-18)22-21(20-9-4-5-10-25-20)26-23-27(22)13-15(2)29-23/h4-12,15,21-22H,13H2,1-3H3/t15-,21-,22+/m0/s1. The van der Waals surface area contributed by atoms with Crippen LogP contribution in [-0.4, -0.2) is 31.4 Å². The van der Waals surface area contributed by atoms with E-state index in [1.807, 2.05) is 24.0 Å². The second-order valence-electron chi connectivity index (χ2n) is 7.78. The van der Waals surface area contributed by atoms with E-state index >= 15 is 0 Å². The van der Waals surface area contributed by atoms with Crippen molar-refractivity contribution in [3.8, 4) is 5.69 Å². The second kappa shape index (κ2) is 7.33. The van der Waals surface area contributed by atoms with Crippen molar-refractivity contribution in [3.05, 3.63) is 81.8 Å². The first kappa shape index (κ1) is 18.9. The maximum absolute atomic E-state index is 5.12. The number of pyridine rings is 1. The van der Waals surface area contributed by atoms with Gasteiger partial charge in [-0.1, -0.05) is 46.7 Å². The van der Waals surface area contributed by atoms with Crippen molar-refractivity contribution >= 4 is 32.9 Å². The van der Waals surface area contributed by atoms with E-state index in [4.69, 9.17) is 4.99 Å². The van der Waals surface area contributed by atoms with Gasteiger partial charge in [-0.05, 0) is 55.8 Å². The molecule has 0 saturated carbocycles. The molecule has 4 nitrogen and oxygen atoms in total. The molecule has 2 aliphatic heterocycles. The molecule has 1 aromatic carbocycles. The molecular formula is C23H23BrN4S. The van der Waals surface area contributed by atoms with E-state index in [0.29, 0.717) is 5.25 Å². The topological polar surface area (TPSA) is 33.4 Å². The molecule has 4 heterocycles. The predicted molar refractivity (Wildman–Crippen MR) is 124 cm³/mol. The minimum Gasteiger partial charge on any atom is -0.341 e. The number of amidine groups is 1. The van der Waals surface area contributed by atoms with Crippen LogP contribution >= 0.6 is 27.7 Å². The Morgan fingerprint density at radius 2 is 1.97 bits per heavy atom. The summed E-state index contributed by atoms with van der Waals surface area (Å²) < 4.78 is 3.44. The quantitative estimate of drug-likeness (QED) is 0.485. The van der Waals surface area contributed by atoms with Gasteiger partial charge in [0, 0.05) is 39.5 Å². The lowest BCUT2D eigenvalue weighted by Crippen LogP contribution is -2.28. The third-order valence-electron chi connectivity index (χ3n) is 5.74. The summed E-state index contributed by atoms with van der Waals surface area (Å²) >= 11 is 5.50. The van der Waals surface area contributed by atoms with Crippen molar-refractivity contribution in [1.29, 1.82) is 0 Å². The lowest BCUT2D eigenvalue weighted by Gasteiger charge is -2.27. The number of thioether (sulfide) groups is 1. The van der Waals surface area contributed by atoms with Crippen LogP contribution in [0.3, 0.4) is 0 Å². The molecule has 0 aliphatic carbocycles. The summed E-state index contributed by atoms with van der Waals surface area (Å²) in [5, 5.41) is 1.72. The number of rotatable bonds is 3. The highest BCUT2D eigenvalue weighted by Crippen LogP contribution is 2.48. The molecule has 3 aromatic rings. The van der Waals surface area contributed by atoms with E-state index in [1.54, 1.807) is 0 Å². The monoisotopic (exact) mass is 466 g/mol. The van der Waals surface area contributed by atoms with Crippen LogP contribution in [0.25, 0.3) is 5.69 Å². The number of aliphatic imine (C=N–C) groups is 1. The van der Waals surface area contributed by atoms with Crippen LogP contribution in [0.1, 0.15) is 41.7 Å². The maximum atomic E-state index is 5.12. The molecule has 148 valence electrons. The number of aromatic nitrogens is 2. The van der Waals surface area contributed by atoms with Gasteiger partial charge in [-0.25, -0.2) is 0 Å². The number of halogens is 1. The van der Waals surface area contributed by atoms with Gasteiger partial charge in [0.25, 0.3) is 0 Å². The molecule has 0 unspecified atom stereocenters. The molecule has 0 bridgehead atoms. The first-order chi connectivity index (χ1) is 14.0. The number of nitrogens with zero attached hydrogens (tertiary/aromatic N) is 4. The summed E-state index contributed by atoms with van der Waals surface area (Å²) in [6.45, 7) is 7.72.